The van der Waals surface area contributed by atoms with Crippen LogP contribution in [-0.4, -0.2) is 25.4 Å². The highest BCUT2D eigenvalue weighted by atomic mass is 32.2. The summed E-state index contributed by atoms with van der Waals surface area (Å²) in [6.07, 6.45) is 2.39. The van der Waals surface area contributed by atoms with Gasteiger partial charge in [-0.2, -0.15) is 0 Å². The Kier molecular flexibility index (Phi) is 4.67. The van der Waals surface area contributed by atoms with Gasteiger partial charge in [-0.05, 0) is 6.42 Å². The van der Waals surface area contributed by atoms with Gasteiger partial charge in [0.2, 0.25) is 0 Å². The lowest BCUT2D eigenvalue weighted by Gasteiger charge is -2.22. The van der Waals surface area contributed by atoms with Gasteiger partial charge in [-0.1, -0.05) is 13.8 Å². The molecule has 0 aromatic rings. The van der Waals surface area contributed by atoms with E-state index in [0.717, 1.165) is 24.8 Å². The fourth-order valence-electron chi connectivity index (χ4n) is 1.36. The Hall–Kier alpha value is -0.150. The molecule has 0 aliphatic carbocycles. The van der Waals surface area contributed by atoms with Crippen LogP contribution in [0.4, 0.5) is 0 Å². The minimum absolute atomic E-state index is 0.734. The molecule has 1 heterocycles. The maximum Gasteiger partial charge on any atom is 0.0282 e. The number of rotatable bonds is 4. The predicted molar refractivity (Wildman–Crippen MR) is 60.9 cm³/mol. The topological polar surface area (TPSA) is 24.1 Å². The number of thioether (sulfide) groups is 1. The van der Waals surface area contributed by atoms with Crippen LogP contribution in [0.5, 0.6) is 0 Å². The van der Waals surface area contributed by atoms with E-state index in [1.807, 2.05) is 18.8 Å². The summed E-state index contributed by atoms with van der Waals surface area (Å²) in [4.78, 5) is 1.50. The molecule has 0 bridgehead atoms. The lowest BCUT2D eigenvalue weighted by Crippen LogP contribution is -2.28. The average Bonchev–Trinajstić information content (AvgIpc) is 2.18. The molecule has 0 amide bonds. The lowest BCUT2D eigenvalue weighted by molar-refractivity contribution is 0.665. The van der Waals surface area contributed by atoms with E-state index in [0.29, 0.717) is 0 Å². The first kappa shape index (κ1) is 10.9. The van der Waals surface area contributed by atoms with Gasteiger partial charge < -0.3 is 10.6 Å². The van der Waals surface area contributed by atoms with Crippen LogP contribution in [0.1, 0.15) is 26.7 Å². The van der Waals surface area contributed by atoms with E-state index in [9.17, 15) is 0 Å². The van der Waals surface area contributed by atoms with E-state index in [4.69, 9.17) is 0 Å². The van der Waals surface area contributed by atoms with E-state index in [-0.39, 0.29) is 0 Å². The van der Waals surface area contributed by atoms with Gasteiger partial charge in [-0.3, -0.25) is 0 Å². The smallest absolute Gasteiger partial charge is 0.0282 e. The van der Waals surface area contributed by atoms with Gasteiger partial charge >= 0.3 is 0 Å². The van der Waals surface area contributed by atoms with Gasteiger partial charge in [-0.15, -0.1) is 11.8 Å². The Morgan fingerprint density at radius 3 is 3.00 bits per heavy atom. The Balaban J connectivity index is 2.56. The number of hydrogen-bond donors (Lipinski definition) is 2. The van der Waals surface area contributed by atoms with Gasteiger partial charge in [0, 0.05) is 42.4 Å². The van der Waals surface area contributed by atoms with Crippen LogP contribution in [0, 0.1) is 0 Å². The van der Waals surface area contributed by atoms with Crippen molar-refractivity contribution in [2.24, 2.45) is 0 Å². The Morgan fingerprint density at radius 2 is 2.38 bits per heavy atom. The molecule has 1 aliphatic rings. The number of hydrogen-bond acceptors (Lipinski definition) is 3. The first-order valence-corrected chi connectivity index (χ1v) is 5.93. The van der Waals surface area contributed by atoms with E-state index >= 15 is 0 Å². The van der Waals surface area contributed by atoms with Crippen molar-refractivity contribution >= 4 is 11.8 Å². The van der Waals surface area contributed by atoms with Gasteiger partial charge in [0.1, 0.15) is 0 Å². The quantitative estimate of drug-likeness (QED) is 0.725. The monoisotopic (exact) mass is 200 g/mol. The van der Waals surface area contributed by atoms with Gasteiger partial charge in [0.05, 0.1) is 0 Å². The second kappa shape index (κ2) is 5.55. The second-order valence-electron chi connectivity index (χ2n) is 3.42. The molecule has 1 atom stereocenters. The molecular weight excluding hydrogens is 180 g/mol. The highest BCUT2D eigenvalue weighted by Crippen LogP contribution is 2.27. The molecule has 13 heavy (non-hydrogen) atoms. The van der Waals surface area contributed by atoms with Crippen molar-refractivity contribution in [1.29, 1.82) is 0 Å². The summed E-state index contributed by atoms with van der Waals surface area (Å²) in [6, 6.07) is 0. The predicted octanol–water partition coefficient (Wildman–Crippen LogP) is 1.94. The molecule has 3 heteroatoms. The SMILES string of the molecule is CCC(C)SC1=C(NC)CCNC1. The average molecular weight is 200 g/mol. The Bertz CT molecular complexity index is 189. The molecule has 0 saturated carbocycles. The van der Waals surface area contributed by atoms with Crippen LogP contribution in [0.2, 0.25) is 0 Å². The van der Waals surface area contributed by atoms with Crippen LogP contribution in [0.25, 0.3) is 0 Å². The second-order valence-corrected chi connectivity index (χ2v) is 4.95. The molecule has 1 aliphatic heterocycles. The number of nitrogens with one attached hydrogen (secondary N) is 2. The van der Waals surface area contributed by atoms with Crippen molar-refractivity contribution in [3.63, 3.8) is 0 Å². The van der Waals surface area contributed by atoms with E-state index in [1.54, 1.807) is 0 Å². The molecule has 0 fully saturated rings. The zero-order valence-electron chi connectivity index (χ0n) is 8.81. The molecule has 2 nitrogen and oxygen atoms in total. The third-order valence-corrected chi connectivity index (χ3v) is 3.81. The third kappa shape index (κ3) is 3.24. The largest absolute Gasteiger partial charge is 0.391 e. The summed E-state index contributed by atoms with van der Waals surface area (Å²) in [5, 5.41) is 7.45. The molecule has 2 N–H and O–H groups in total. The van der Waals surface area contributed by atoms with Crippen molar-refractivity contribution in [2.45, 2.75) is 31.9 Å². The lowest BCUT2D eigenvalue weighted by atomic mass is 10.2. The summed E-state index contributed by atoms with van der Waals surface area (Å²) in [7, 11) is 2.03. The van der Waals surface area contributed by atoms with Crippen molar-refractivity contribution in [3.05, 3.63) is 10.6 Å². The molecule has 0 aromatic heterocycles. The van der Waals surface area contributed by atoms with Crippen molar-refractivity contribution < 1.29 is 0 Å². The van der Waals surface area contributed by atoms with Crippen LogP contribution in [0.3, 0.4) is 0 Å². The van der Waals surface area contributed by atoms with Gasteiger partial charge in [-0.25, -0.2) is 0 Å². The van der Waals surface area contributed by atoms with Gasteiger partial charge in [0.25, 0.3) is 0 Å². The molecule has 0 aromatic carbocycles. The Labute approximate surface area is 85.6 Å². The Morgan fingerprint density at radius 1 is 1.62 bits per heavy atom. The summed E-state index contributed by atoms with van der Waals surface area (Å²) < 4.78 is 0. The van der Waals surface area contributed by atoms with Crippen molar-refractivity contribution in [1.82, 2.24) is 10.6 Å². The van der Waals surface area contributed by atoms with Crippen molar-refractivity contribution in [2.75, 3.05) is 20.1 Å². The molecule has 1 rings (SSSR count). The fourth-order valence-corrected chi connectivity index (χ4v) is 2.55. The molecule has 0 spiro atoms. The first-order valence-electron chi connectivity index (χ1n) is 5.05. The normalized spacial score (nSPS) is 20.2. The maximum absolute atomic E-state index is 3.41. The summed E-state index contributed by atoms with van der Waals surface area (Å²) >= 11 is 2.01. The maximum atomic E-state index is 3.41. The van der Waals surface area contributed by atoms with Crippen molar-refractivity contribution in [3.8, 4) is 0 Å². The zero-order valence-corrected chi connectivity index (χ0v) is 9.63. The highest BCUT2D eigenvalue weighted by molar-refractivity contribution is 8.03. The van der Waals surface area contributed by atoms with Crippen LogP contribution < -0.4 is 10.6 Å². The summed E-state index contributed by atoms with van der Waals surface area (Å²) in [6.45, 7) is 6.69. The highest BCUT2D eigenvalue weighted by Gasteiger charge is 2.13. The van der Waals surface area contributed by atoms with E-state index in [1.165, 1.54) is 17.0 Å². The van der Waals surface area contributed by atoms with Gasteiger partial charge in [0.15, 0.2) is 0 Å². The molecule has 0 radical (unpaired) electrons. The first-order chi connectivity index (χ1) is 6.27. The van der Waals surface area contributed by atoms with Crippen LogP contribution in [0.15, 0.2) is 10.6 Å². The summed E-state index contributed by atoms with van der Waals surface area (Å²) in [5.41, 5.74) is 1.43. The molecule has 1 unspecified atom stereocenters. The minimum Gasteiger partial charge on any atom is -0.391 e. The van der Waals surface area contributed by atoms with E-state index < -0.39 is 0 Å². The fraction of sp³-hybridized carbons (Fsp3) is 0.800. The van der Waals surface area contributed by atoms with Crippen LogP contribution in [-0.2, 0) is 0 Å². The van der Waals surface area contributed by atoms with Crippen LogP contribution >= 0.6 is 11.8 Å². The molecule has 76 valence electrons. The standard InChI is InChI=1S/C10H20N2S/c1-4-8(2)13-10-7-12-6-5-9(10)11-3/h8,11-12H,4-7H2,1-3H3. The minimum atomic E-state index is 0.734. The third-order valence-electron chi connectivity index (χ3n) is 2.39. The zero-order chi connectivity index (χ0) is 9.68. The molecular formula is C10H20N2S. The molecule has 0 saturated heterocycles. The van der Waals surface area contributed by atoms with E-state index in [2.05, 4.69) is 24.5 Å². The summed E-state index contributed by atoms with van der Waals surface area (Å²) in [5.74, 6) is 0.